The zero-order chi connectivity index (χ0) is 38.6. The van der Waals surface area contributed by atoms with Gasteiger partial charge in [-0.1, -0.05) is 18.2 Å². The normalized spacial score (nSPS) is 11.7. The topological polar surface area (TPSA) is 311 Å². The Kier molecular flexibility index (Phi) is 20.4. The van der Waals surface area contributed by atoms with Crippen LogP contribution in [-0.4, -0.2) is 156 Å². The number of anilines is 1. The van der Waals surface area contributed by atoms with Gasteiger partial charge in [0.05, 0.1) is 55.9 Å². The third-order valence-corrected chi connectivity index (χ3v) is 8.23. The molecule has 0 bridgehead atoms. The van der Waals surface area contributed by atoms with Crippen LogP contribution in [0.3, 0.4) is 0 Å². The van der Waals surface area contributed by atoms with Crippen molar-refractivity contribution >= 4 is 54.0 Å². The van der Waals surface area contributed by atoms with Gasteiger partial charge in [-0.05, 0) is 35.7 Å². The molecule has 0 aliphatic heterocycles. The predicted octanol–water partition coefficient (Wildman–Crippen LogP) is -0.0568. The molecule has 0 aliphatic rings. The number of aliphatic hydroxyl groups excluding tert-OH is 6. The third-order valence-electron chi connectivity index (χ3n) is 6.53. The lowest BCUT2D eigenvalue weighted by Gasteiger charge is -2.17. The fourth-order valence-corrected chi connectivity index (χ4v) is 5.51. The summed E-state index contributed by atoms with van der Waals surface area (Å²) in [7, 11) is -9.71. The molecule has 0 fully saturated rings. The van der Waals surface area contributed by atoms with Crippen molar-refractivity contribution in [3.05, 3.63) is 48.5 Å². The maximum absolute atomic E-state index is 11.9. The van der Waals surface area contributed by atoms with E-state index in [1.807, 2.05) is 0 Å². The van der Waals surface area contributed by atoms with Gasteiger partial charge in [0.1, 0.15) is 10.6 Å². The van der Waals surface area contributed by atoms with Crippen molar-refractivity contribution < 1.29 is 66.5 Å². The predicted molar refractivity (Wildman–Crippen MR) is 186 cm³/mol. The number of nitrogens with one attached hydrogen (secondary N) is 1. The van der Waals surface area contributed by atoms with E-state index in [1.165, 1.54) is 0 Å². The van der Waals surface area contributed by atoms with Crippen molar-refractivity contribution in [2.24, 2.45) is 10.2 Å². The summed E-state index contributed by atoms with van der Waals surface area (Å²) >= 11 is 0. The number of rotatable bonds is 17. The highest BCUT2D eigenvalue weighted by Gasteiger charge is 2.25. The molecule has 0 spiro atoms. The zero-order valence-corrected chi connectivity index (χ0v) is 29.4. The van der Waals surface area contributed by atoms with Crippen molar-refractivity contribution in [1.29, 1.82) is 0 Å². The molecule has 51 heavy (non-hydrogen) atoms. The molecule has 0 radical (unpaired) electrons. The molecule has 3 rings (SSSR count). The number of carbonyl (C=O) groups is 1. The van der Waals surface area contributed by atoms with Gasteiger partial charge >= 0.3 is 0 Å². The van der Waals surface area contributed by atoms with Gasteiger partial charge in [-0.25, -0.2) is 0 Å². The highest BCUT2D eigenvalue weighted by atomic mass is 32.2. The number of amides is 1. The number of phenols is 1. The van der Waals surface area contributed by atoms with Gasteiger partial charge in [0.2, 0.25) is 5.91 Å². The van der Waals surface area contributed by atoms with Gasteiger partial charge < -0.3 is 41.1 Å². The van der Waals surface area contributed by atoms with E-state index in [1.54, 1.807) is 40.1 Å². The molecule has 0 heterocycles. The van der Waals surface area contributed by atoms with Crippen LogP contribution in [0.4, 0.5) is 17.1 Å². The second-order valence-electron chi connectivity index (χ2n) is 10.3. The van der Waals surface area contributed by atoms with Crippen LogP contribution < -0.4 is 5.32 Å². The Morgan fingerprint density at radius 2 is 1.14 bits per heavy atom. The largest absolute Gasteiger partial charge is 0.505 e. The molecule has 21 heteroatoms. The first-order chi connectivity index (χ1) is 24.1. The number of fused-ring (bicyclic) bond motifs is 1. The van der Waals surface area contributed by atoms with Crippen molar-refractivity contribution in [3.8, 4) is 5.75 Å². The van der Waals surface area contributed by atoms with E-state index in [2.05, 4.69) is 15.5 Å². The fourth-order valence-electron chi connectivity index (χ4n) is 4.31. The van der Waals surface area contributed by atoms with Crippen LogP contribution in [0.1, 0.15) is 6.92 Å². The summed E-state index contributed by atoms with van der Waals surface area (Å²) in [5.74, 6) is -1.44. The molecular formula is C30H45N5O14S2. The Morgan fingerprint density at radius 3 is 1.51 bits per heavy atom. The second kappa shape index (κ2) is 23.0. The van der Waals surface area contributed by atoms with E-state index in [0.29, 0.717) is 45.0 Å². The Bertz CT molecular complexity index is 1720. The summed E-state index contributed by atoms with van der Waals surface area (Å²) in [6, 6.07) is 10.7. The number of nitrogens with zero attached hydrogens (tertiary/aromatic N) is 4. The second-order valence-corrected chi connectivity index (χ2v) is 13.1. The Morgan fingerprint density at radius 1 is 0.686 bits per heavy atom. The van der Waals surface area contributed by atoms with Gasteiger partial charge in [-0.15, -0.1) is 5.11 Å². The highest BCUT2D eigenvalue weighted by Crippen LogP contribution is 2.45. The monoisotopic (exact) mass is 763 g/mol. The molecule has 3 aromatic carbocycles. The minimum atomic E-state index is -4.95. The van der Waals surface area contributed by atoms with E-state index in [4.69, 9.17) is 30.6 Å². The summed E-state index contributed by atoms with van der Waals surface area (Å²) < 4.78 is 66.0. The third kappa shape index (κ3) is 16.0. The molecule has 0 saturated carbocycles. The van der Waals surface area contributed by atoms with E-state index in [-0.39, 0.29) is 56.1 Å². The number of aliphatic hydroxyl groups is 6. The molecule has 0 saturated heterocycles. The molecule has 10 N–H and O–H groups in total. The van der Waals surface area contributed by atoms with Gasteiger partial charge in [0.25, 0.3) is 20.2 Å². The summed E-state index contributed by atoms with van der Waals surface area (Å²) in [4.78, 5) is 13.6. The van der Waals surface area contributed by atoms with Crippen LogP contribution in [0.2, 0.25) is 0 Å². The molecule has 0 aliphatic carbocycles. The molecule has 3 aromatic rings. The number of azo groups is 1. The van der Waals surface area contributed by atoms with Gasteiger partial charge in [-0.3, -0.25) is 23.7 Å². The summed E-state index contributed by atoms with van der Waals surface area (Å²) in [6.07, 6.45) is 0. The minimum absolute atomic E-state index is 0.0694. The van der Waals surface area contributed by atoms with Gasteiger partial charge in [-0.2, -0.15) is 21.9 Å². The Hall–Kier alpha value is -3.71. The number of hydrogen-bond acceptors (Lipinski definition) is 16. The first-order valence-corrected chi connectivity index (χ1v) is 18.1. The first kappa shape index (κ1) is 45.3. The van der Waals surface area contributed by atoms with Crippen molar-refractivity contribution in [2.45, 2.75) is 16.7 Å². The van der Waals surface area contributed by atoms with Crippen LogP contribution in [0.5, 0.6) is 5.75 Å². The molecule has 286 valence electrons. The van der Waals surface area contributed by atoms with Gasteiger partial charge in [0, 0.05) is 51.6 Å². The number of benzene rings is 3. The van der Waals surface area contributed by atoms with Crippen LogP contribution in [0.25, 0.3) is 10.8 Å². The first-order valence-electron chi connectivity index (χ1n) is 15.2. The summed E-state index contributed by atoms with van der Waals surface area (Å²) in [5.41, 5.74) is -0.565. The molecule has 0 atom stereocenters. The molecule has 19 nitrogen and oxygen atoms in total. The smallest absolute Gasteiger partial charge is 0.296 e. The van der Waals surface area contributed by atoms with E-state index in [9.17, 15) is 35.8 Å². The SMILES string of the molecule is CC(=O)Nc1cc(S(=O)(=O)O)cc2cc(S(=O)(=O)O)c(N=Nc3ccccc3)c(O)c12.OCCN(CCO)CCO.OCCN(CCO)CCO. The van der Waals surface area contributed by atoms with Crippen LogP contribution in [0.15, 0.2) is 68.6 Å². The Labute approximate surface area is 295 Å². The van der Waals surface area contributed by atoms with Crippen LogP contribution >= 0.6 is 0 Å². The summed E-state index contributed by atoms with van der Waals surface area (Å²) in [5, 5.41) is 71.1. The van der Waals surface area contributed by atoms with Crippen LogP contribution in [0, 0.1) is 0 Å². The van der Waals surface area contributed by atoms with E-state index in [0.717, 1.165) is 25.1 Å². The van der Waals surface area contributed by atoms with E-state index >= 15 is 0 Å². The summed E-state index contributed by atoms with van der Waals surface area (Å²) in [6.45, 7) is 4.62. The van der Waals surface area contributed by atoms with E-state index < -0.39 is 47.4 Å². The average molecular weight is 764 g/mol. The minimum Gasteiger partial charge on any atom is -0.505 e. The number of carbonyl (C=O) groups excluding carboxylic acids is 1. The highest BCUT2D eigenvalue weighted by molar-refractivity contribution is 7.86. The van der Waals surface area contributed by atoms with Crippen LogP contribution in [-0.2, 0) is 25.0 Å². The number of phenolic OH excluding ortho intramolecular Hbond substituents is 1. The van der Waals surface area contributed by atoms with Crippen molar-refractivity contribution in [2.75, 3.05) is 84.2 Å². The average Bonchev–Trinajstić information content (AvgIpc) is 3.05. The molecular weight excluding hydrogens is 718 g/mol. The quantitative estimate of drug-likeness (QED) is 0.0636. The maximum atomic E-state index is 11.9. The molecule has 0 aromatic heterocycles. The zero-order valence-electron chi connectivity index (χ0n) is 27.8. The Balaban J connectivity index is 0.000000533. The lowest BCUT2D eigenvalue weighted by molar-refractivity contribution is -0.114. The molecule has 1 amide bonds. The number of hydrogen-bond donors (Lipinski definition) is 10. The lowest BCUT2D eigenvalue weighted by atomic mass is 10.1. The standard InChI is InChI=1S/C18H15N3O8S2.2C6H15NO3/c1-10(22)19-14-9-13(30(24,25)26)7-11-8-15(31(27,28)29)17(18(23)16(11)14)21-20-12-5-3-2-4-6-12;2*8-4-1-7(2-5-9)3-6-10/h2-9,23H,1H3,(H,19,22)(H,24,25,26)(H,27,28,29);2*8-10H,1-6H2. The molecule has 0 unspecified atom stereocenters. The van der Waals surface area contributed by atoms with Crippen molar-refractivity contribution in [1.82, 2.24) is 9.80 Å². The fraction of sp³-hybridized carbons (Fsp3) is 0.433. The van der Waals surface area contributed by atoms with Gasteiger partial charge in [0.15, 0.2) is 5.75 Å². The maximum Gasteiger partial charge on any atom is 0.296 e. The van der Waals surface area contributed by atoms with Crippen molar-refractivity contribution in [3.63, 3.8) is 0 Å². The number of aromatic hydroxyl groups is 1. The lowest BCUT2D eigenvalue weighted by Crippen LogP contribution is -2.32.